The van der Waals surface area contributed by atoms with Crippen molar-refractivity contribution >= 4 is 55.3 Å². The zero-order valence-electron chi connectivity index (χ0n) is 25.6. The van der Waals surface area contributed by atoms with Gasteiger partial charge < -0.3 is 0 Å². The fraction of sp³-hybridized carbons (Fsp3) is 0.657. The van der Waals surface area contributed by atoms with E-state index in [2.05, 4.69) is 58.1 Å². The van der Waals surface area contributed by atoms with E-state index < -0.39 is 18.4 Å². The predicted molar refractivity (Wildman–Crippen MR) is 186 cm³/mol. The second-order valence-corrected chi connectivity index (χ2v) is 31.4. The molecular formula is C35H56S3Sn. The molecule has 0 unspecified atom stereocenters. The molecule has 4 heteroatoms. The van der Waals surface area contributed by atoms with Crippen molar-refractivity contribution in [3.63, 3.8) is 0 Å². The van der Waals surface area contributed by atoms with Crippen LogP contribution in [0.15, 0.2) is 36.4 Å². The molecule has 0 amide bonds. The molecule has 3 heterocycles. The molecule has 3 aromatic rings. The predicted octanol–water partition coefficient (Wildman–Crippen LogP) is 13.3. The molecule has 0 atom stereocenters. The summed E-state index contributed by atoms with van der Waals surface area (Å²) in [5.74, 6) is 0. The number of aryl methyl sites for hydroxylation is 1. The van der Waals surface area contributed by atoms with Gasteiger partial charge in [-0.1, -0.05) is 110 Å². The first-order chi connectivity index (χ1) is 19.0. The third kappa shape index (κ3) is 13.2. The Bertz CT molecular complexity index is 1020. The summed E-state index contributed by atoms with van der Waals surface area (Å²) in [7, 11) is 0. The summed E-state index contributed by atoms with van der Waals surface area (Å²) in [4.78, 5) is 14.9. The van der Waals surface area contributed by atoms with Crippen LogP contribution in [0.1, 0.15) is 127 Å². The summed E-state index contributed by atoms with van der Waals surface area (Å²) < 4.78 is 1.68. The van der Waals surface area contributed by atoms with Gasteiger partial charge in [0.25, 0.3) is 0 Å². The maximum atomic E-state index is 2.51. The fourth-order valence-electron chi connectivity index (χ4n) is 5.32. The summed E-state index contributed by atoms with van der Waals surface area (Å²) >= 11 is 4.08. The Morgan fingerprint density at radius 1 is 0.436 bits per heavy atom. The minimum absolute atomic E-state index is 1.26. The molecule has 0 saturated heterocycles. The Hall–Kier alpha value is -0.101. The van der Waals surface area contributed by atoms with Gasteiger partial charge in [0.1, 0.15) is 0 Å². The molecular weight excluding hydrogens is 635 g/mol. The van der Waals surface area contributed by atoms with Gasteiger partial charge in [-0.05, 0) is 0 Å². The number of thiophene rings is 3. The average Bonchev–Trinajstić information content (AvgIpc) is 3.68. The van der Waals surface area contributed by atoms with E-state index in [1.807, 2.05) is 34.0 Å². The quantitative estimate of drug-likeness (QED) is 0.0727. The van der Waals surface area contributed by atoms with E-state index in [0.717, 1.165) is 0 Å². The fourth-order valence-corrected chi connectivity index (χ4v) is 13.8. The van der Waals surface area contributed by atoms with Crippen molar-refractivity contribution in [3.8, 4) is 19.5 Å². The van der Waals surface area contributed by atoms with Crippen LogP contribution in [0.5, 0.6) is 0 Å². The van der Waals surface area contributed by atoms with Crippen molar-refractivity contribution in [2.45, 2.75) is 144 Å². The standard InChI is InChI=1S/C32H47S3.3CH3.Sn/c1-2-3-4-5-6-7-8-9-10-11-12-13-14-15-16-17-18-19-21-28-23-24-31(34-28)32-26-25-30(35-32)29-22-20-27-33-29;;;;/h20,22-26H,2-19,21H2,1H3;3*1H3;. The van der Waals surface area contributed by atoms with Crippen LogP contribution in [-0.2, 0) is 6.42 Å². The van der Waals surface area contributed by atoms with Gasteiger partial charge >= 0.3 is 150 Å². The summed E-state index contributed by atoms with van der Waals surface area (Å²) in [5, 5.41) is 0. The van der Waals surface area contributed by atoms with Crippen LogP contribution in [-0.4, -0.2) is 18.4 Å². The molecule has 3 aromatic heterocycles. The first kappa shape index (κ1) is 33.4. The van der Waals surface area contributed by atoms with E-state index in [1.165, 1.54) is 142 Å². The molecule has 0 bridgehead atoms. The van der Waals surface area contributed by atoms with Gasteiger partial charge in [0.15, 0.2) is 0 Å². The van der Waals surface area contributed by atoms with E-state index >= 15 is 0 Å². The van der Waals surface area contributed by atoms with Crippen LogP contribution in [0.2, 0.25) is 14.8 Å². The molecule has 0 spiro atoms. The van der Waals surface area contributed by atoms with E-state index in [9.17, 15) is 0 Å². The summed E-state index contributed by atoms with van der Waals surface area (Å²) in [6.07, 6.45) is 27.3. The Morgan fingerprint density at radius 2 is 0.821 bits per heavy atom. The van der Waals surface area contributed by atoms with Gasteiger partial charge in [-0.25, -0.2) is 0 Å². The van der Waals surface area contributed by atoms with Crippen molar-refractivity contribution in [2.75, 3.05) is 0 Å². The molecule has 0 aliphatic rings. The first-order valence-electron chi connectivity index (χ1n) is 16.3. The Labute approximate surface area is 257 Å². The third-order valence-corrected chi connectivity index (χ3v) is 21.1. The van der Waals surface area contributed by atoms with Crippen molar-refractivity contribution in [1.29, 1.82) is 0 Å². The van der Waals surface area contributed by atoms with Gasteiger partial charge in [-0.15, -0.1) is 0 Å². The molecule has 0 N–H and O–H groups in total. The second-order valence-electron chi connectivity index (χ2n) is 12.6. The van der Waals surface area contributed by atoms with Crippen molar-refractivity contribution in [1.82, 2.24) is 0 Å². The number of hydrogen-bond acceptors (Lipinski definition) is 3. The molecule has 0 aliphatic heterocycles. The van der Waals surface area contributed by atoms with Crippen LogP contribution >= 0.6 is 34.0 Å². The van der Waals surface area contributed by atoms with E-state index in [4.69, 9.17) is 0 Å². The molecule has 0 nitrogen and oxygen atoms in total. The number of rotatable bonds is 22. The SMILES string of the molecule is CCCCCCCCCCCCCCCCCCCCc1ccc(-c2ccc(-c3cc[c]([Sn]([CH3])([CH3])[CH3])s3)s2)s1. The van der Waals surface area contributed by atoms with Crippen molar-refractivity contribution in [3.05, 3.63) is 41.3 Å². The van der Waals surface area contributed by atoms with Crippen molar-refractivity contribution in [2.24, 2.45) is 0 Å². The Balaban J connectivity index is 1.18. The van der Waals surface area contributed by atoms with E-state index in [0.29, 0.717) is 0 Å². The van der Waals surface area contributed by atoms with Crippen LogP contribution in [0, 0.1) is 0 Å². The topological polar surface area (TPSA) is 0 Å². The molecule has 0 aromatic carbocycles. The molecule has 39 heavy (non-hydrogen) atoms. The third-order valence-electron chi connectivity index (χ3n) is 7.88. The second kappa shape index (κ2) is 19.2. The molecule has 218 valence electrons. The Morgan fingerprint density at radius 3 is 1.28 bits per heavy atom. The monoisotopic (exact) mass is 692 g/mol. The molecule has 0 radical (unpaired) electrons. The summed E-state index contributed by atoms with van der Waals surface area (Å²) in [6, 6.07) is 14.2. The molecule has 3 rings (SSSR count). The van der Waals surface area contributed by atoms with Crippen LogP contribution in [0.25, 0.3) is 19.5 Å². The molecule has 0 fully saturated rings. The zero-order valence-corrected chi connectivity index (χ0v) is 30.9. The molecule has 0 saturated carbocycles. The molecule has 0 aliphatic carbocycles. The first-order valence-corrected chi connectivity index (χ1v) is 28.7. The number of unbranched alkanes of at least 4 members (excludes halogenated alkanes) is 17. The summed E-state index contributed by atoms with van der Waals surface area (Å²) in [6.45, 7) is 2.30. The van der Waals surface area contributed by atoms with Crippen LogP contribution in [0.4, 0.5) is 0 Å². The Kier molecular flexibility index (Phi) is 16.4. The van der Waals surface area contributed by atoms with Crippen molar-refractivity contribution < 1.29 is 0 Å². The van der Waals surface area contributed by atoms with Gasteiger partial charge in [0.05, 0.1) is 0 Å². The normalized spacial score (nSPS) is 12.0. The minimum atomic E-state index is -1.96. The zero-order chi connectivity index (χ0) is 27.8. The van der Waals surface area contributed by atoms with E-state index in [-0.39, 0.29) is 0 Å². The number of hydrogen-bond donors (Lipinski definition) is 0. The summed E-state index contributed by atoms with van der Waals surface area (Å²) in [5.41, 5.74) is 0. The van der Waals surface area contributed by atoms with Crippen LogP contribution < -0.4 is 2.89 Å². The van der Waals surface area contributed by atoms with E-state index in [1.54, 1.807) is 7.77 Å². The average molecular weight is 692 g/mol. The van der Waals surface area contributed by atoms with Gasteiger partial charge in [-0.3, -0.25) is 0 Å². The van der Waals surface area contributed by atoms with Gasteiger partial charge in [0.2, 0.25) is 0 Å². The van der Waals surface area contributed by atoms with Crippen LogP contribution in [0.3, 0.4) is 0 Å². The van der Waals surface area contributed by atoms with Gasteiger partial charge in [0, 0.05) is 0 Å². The maximum absolute atomic E-state index is 2.51. The van der Waals surface area contributed by atoms with Gasteiger partial charge in [-0.2, -0.15) is 0 Å².